The molecule has 14 heteroatoms. The van der Waals surface area contributed by atoms with Crippen molar-refractivity contribution in [2.24, 2.45) is 0 Å². The molecular formula is C27H30O14. The predicted molar refractivity (Wildman–Crippen MR) is 137 cm³/mol. The number of aliphatic hydroxyl groups excluding tert-OH is 7. The van der Waals surface area contributed by atoms with Crippen LogP contribution < -0.4 is 10.2 Å². The van der Waals surface area contributed by atoms with Gasteiger partial charge in [0.15, 0.2) is 5.43 Å². The number of hydrogen-bond acceptors (Lipinski definition) is 14. The van der Waals surface area contributed by atoms with Gasteiger partial charge in [-0.05, 0) is 31.2 Å². The third-order valence-electron chi connectivity index (χ3n) is 7.39. The first-order chi connectivity index (χ1) is 19.4. The van der Waals surface area contributed by atoms with Crippen molar-refractivity contribution in [3.8, 4) is 28.6 Å². The fourth-order valence-electron chi connectivity index (χ4n) is 5.01. The van der Waals surface area contributed by atoms with Gasteiger partial charge in [-0.3, -0.25) is 4.79 Å². The van der Waals surface area contributed by atoms with E-state index in [-0.39, 0.29) is 22.5 Å². The Hall–Kier alpha value is -3.31. The topological polar surface area (TPSA) is 240 Å². The zero-order valence-corrected chi connectivity index (χ0v) is 21.5. The van der Waals surface area contributed by atoms with Crippen LogP contribution in [-0.4, -0.2) is 108 Å². The highest BCUT2D eigenvalue weighted by Gasteiger charge is 2.46. The molecule has 1 aromatic heterocycles. The van der Waals surface area contributed by atoms with Crippen LogP contribution in [0.15, 0.2) is 45.6 Å². The van der Waals surface area contributed by atoms with Crippen LogP contribution in [0.4, 0.5) is 0 Å². The molecule has 0 amide bonds. The molecule has 0 radical (unpaired) electrons. The Bertz CT molecular complexity index is 1450. The van der Waals surface area contributed by atoms with E-state index in [1.54, 1.807) is 0 Å². The normalized spacial score (nSPS) is 34.0. The fraction of sp³-hybridized carbons (Fsp3) is 0.444. The zero-order chi connectivity index (χ0) is 29.7. The molecule has 3 heterocycles. The van der Waals surface area contributed by atoms with Gasteiger partial charge in [-0.1, -0.05) is 0 Å². The summed E-state index contributed by atoms with van der Waals surface area (Å²) in [4.78, 5) is 13.1. The lowest BCUT2D eigenvalue weighted by molar-refractivity contribution is -0.268. The Labute approximate surface area is 231 Å². The van der Waals surface area contributed by atoms with E-state index >= 15 is 0 Å². The van der Waals surface area contributed by atoms with Gasteiger partial charge >= 0.3 is 0 Å². The van der Waals surface area contributed by atoms with Crippen molar-refractivity contribution in [2.75, 3.05) is 6.61 Å². The molecule has 0 unspecified atom stereocenters. The maximum atomic E-state index is 13.1. The fourth-order valence-corrected chi connectivity index (χ4v) is 5.01. The van der Waals surface area contributed by atoms with Crippen LogP contribution in [0.25, 0.3) is 22.3 Å². The minimum Gasteiger partial charge on any atom is -0.507 e. The van der Waals surface area contributed by atoms with E-state index in [1.807, 2.05) is 0 Å². The number of phenols is 2. The lowest BCUT2D eigenvalue weighted by atomic mass is 9.89. The Kier molecular flexibility index (Phi) is 7.95. The number of benzene rings is 2. The van der Waals surface area contributed by atoms with Crippen molar-refractivity contribution in [2.45, 2.75) is 68.1 Å². The summed E-state index contributed by atoms with van der Waals surface area (Å²) in [6.07, 6.45) is -14.5. The first-order valence-corrected chi connectivity index (χ1v) is 12.7. The van der Waals surface area contributed by atoms with Crippen LogP contribution in [0.2, 0.25) is 0 Å². The molecule has 41 heavy (non-hydrogen) atoms. The predicted octanol–water partition coefficient (Wildman–Crippen LogP) is -1.41. The van der Waals surface area contributed by atoms with E-state index in [1.165, 1.54) is 31.2 Å². The van der Waals surface area contributed by atoms with Gasteiger partial charge in [0.05, 0.1) is 18.3 Å². The number of aliphatic hydroxyl groups is 7. The Morgan fingerprint density at radius 2 is 1.49 bits per heavy atom. The summed E-state index contributed by atoms with van der Waals surface area (Å²) in [5.74, 6) is -1.14. The molecule has 3 aromatic rings. The largest absolute Gasteiger partial charge is 0.507 e. The number of aromatic hydroxyl groups is 2. The number of rotatable bonds is 5. The van der Waals surface area contributed by atoms with Crippen LogP contribution in [0.5, 0.6) is 17.2 Å². The van der Waals surface area contributed by atoms with Crippen molar-refractivity contribution in [3.63, 3.8) is 0 Å². The molecule has 2 aliphatic rings. The molecular weight excluding hydrogens is 548 g/mol. The van der Waals surface area contributed by atoms with Crippen LogP contribution in [-0.2, 0) is 9.47 Å². The molecule has 0 spiro atoms. The summed E-state index contributed by atoms with van der Waals surface area (Å²) < 4.78 is 22.2. The SMILES string of the molecule is C[C@@H]1O[C@@H](Oc2ccc(-c3cc(=O)c4c(O)c([C@@H]5O[C@H](CO)[C@@H](O)[C@@H](O)[C@H]5O)c(O)cc4o3)cc2)[C@H](O)[C@H](O)[C@H]1O. The monoisotopic (exact) mass is 578 g/mol. The molecule has 9 N–H and O–H groups in total. The van der Waals surface area contributed by atoms with E-state index in [2.05, 4.69) is 0 Å². The first-order valence-electron chi connectivity index (χ1n) is 12.7. The molecule has 0 saturated carbocycles. The average molecular weight is 579 g/mol. The molecule has 2 fully saturated rings. The number of phenolic OH excluding ortho intramolecular Hbond substituents is 2. The van der Waals surface area contributed by atoms with Crippen molar-refractivity contribution >= 4 is 11.0 Å². The molecule has 0 aliphatic carbocycles. The van der Waals surface area contributed by atoms with E-state index in [0.29, 0.717) is 5.56 Å². The van der Waals surface area contributed by atoms with E-state index in [9.17, 15) is 50.8 Å². The van der Waals surface area contributed by atoms with Crippen LogP contribution in [0.3, 0.4) is 0 Å². The highest BCUT2D eigenvalue weighted by molar-refractivity contribution is 5.88. The molecule has 2 saturated heterocycles. The van der Waals surface area contributed by atoms with Crippen LogP contribution in [0, 0.1) is 0 Å². The molecule has 222 valence electrons. The van der Waals surface area contributed by atoms with Crippen molar-refractivity contribution in [3.05, 3.63) is 52.2 Å². The lowest BCUT2D eigenvalue weighted by Gasteiger charge is -2.40. The Morgan fingerprint density at radius 1 is 0.829 bits per heavy atom. The van der Waals surface area contributed by atoms with E-state index < -0.39 is 90.3 Å². The van der Waals surface area contributed by atoms with Crippen molar-refractivity contribution in [1.82, 2.24) is 0 Å². The molecule has 14 nitrogen and oxygen atoms in total. The Morgan fingerprint density at radius 3 is 2.15 bits per heavy atom. The third-order valence-corrected chi connectivity index (χ3v) is 7.39. The quantitative estimate of drug-likeness (QED) is 0.169. The summed E-state index contributed by atoms with van der Waals surface area (Å²) in [5, 5.41) is 91.2. The summed E-state index contributed by atoms with van der Waals surface area (Å²) in [5.41, 5.74) is -0.973. The summed E-state index contributed by atoms with van der Waals surface area (Å²) in [6, 6.07) is 8.11. The average Bonchev–Trinajstić information content (AvgIpc) is 2.94. The smallest absolute Gasteiger partial charge is 0.229 e. The van der Waals surface area contributed by atoms with Gasteiger partial charge in [0.1, 0.15) is 82.8 Å². The van der Waals surface area contributed by atoms with E-state index in [4.69, 9.17) is 18.6 Å². The second-order valence-electron chi connectivity index (χ2n) is 10.1. The number of ether oxygens (including phenoxy) is 3. The summed E-state index contributed by atoms with van der Waals surface area (Å²) >= 11 is 0. The minimum atomic E-state index is -1.81. The minimum absolute atomic E-state index is 0.0505. The standard InChI is InChI=1S/C27H30O14/c1-9-19(31)22(34)25(37)27(38-9)39-11-4-2-10(3-5-11)14-6-12(29)17-15(40-14)7-13(30)18(21(17)33)26-24(36)23(35)20(32)16(8-28)41-26/h2-7,9,16,19-20,22-28,30-37H,8H2,1H3/t9-,16+,19-,20+,22+,23+,24+,25+,26-,27-/m0/s1. The van der Waals surface area contributed by atoms with Gasteiger partial charge in [0, 0.05) is 17.7 Å². The van der Waals surface area contributed by atoms with Crippen molar-refractivity contribution < 1.29 is 64.6 Å². The lowest BCUT2D eigenvalue weighted by Crippen LogP contribution is -2.58. The molecule has 0 bridgehead atoms. The highest BCUT2D eigenvalue weighted by Crippen LogP contribution is 2.44. The summed E-state index contributed by atoms with van der Waals surface area (Å²) in [7, 11) is 0. The van der Waals surface area contributed by atoms with Gasteiger partial charge in [-0.2, -0.15) is 0 Å². The molecule has 2 aromatic carbocycles. The van der Waals surface area contributed by atoms with Gasteiger partial charge in [0.2, 0.25) is 6.29 Å². The zero-order valence-electron chi connectivity index (χ0n) is 21.5. The number of fused-ring (bicyclic) bond motifs is 1. The Balaban J connectivity index is 1.43. The second kappa shape index (κ2) is 11.2. The van der Waals surface area contributed by atoms with Gasteiger partial charge in [0.25, 0.3) is 0 Å². The second-order valence-corrected chi connectivity index (χ2v) is 10.1. The molecule has 2 aliphatic heterocycles. The third kappa shape index (κ3) is 5.14. The molecule has 10 atom stereocenters. The van der Waals surface area contributed by atoms with Gasteiger partial charge < -0.3 is 64.6 Å². The molecule has 5 rings (SSSR count). The van der Waals surface area contributed by atoms with Crippen molar-refractivity contribution in [1.29, 1.82) is 0 Å². The van der Waals surface area contributed by atoms with E-state index in [0.717, 1.165) is 12.1 Å². The summed E-state index contributed by atoms with van der Waals surface area (Å²) in [6.45, 7) is 0.785. The maximum absolute atomic E-state index is 13.1. The number of hydrogen-bond donors (Lipinski definition) is 9. The maximum Gasteiger partial charge on any atom is 0.229 e. The van der Waals surface area contributed by atoms with Crippen LogP contribution in [0.1, 0.15) is 18.6 Å². The van der Waals surface area contributed by atoms with Gasteiger partial charge in [-0.15, -0.1) is 0 Å². The first kappa shape index (κ1) is 29.2. The van der Waals surface area contributed by atoms with Crippen LogP contribution >= 0.6 is 0 Å². The van der Waals surface area contributed by atoms with Gasteiger partial charge in [-0.25, -0.2) is 0 Å². The highest BCUT2D eigenvalue weighted by atomic mass is 16.7.